The molecule has 0 bridgehead atoms. The van der Waals surface area contributed by atoms with Crippen molar-refractivity contribution in [1.82, 2.24) is 9.62 Å². The molecular weight excluding hydrogens is 364 g/mol. The van der Waals surface area contributed by atoms with Crippen LogP contribution in [0.3, 0.4) is 0 Å². The maximum atomic E-state index is 12.4. The Morgan fingerprint density at radius 2 is 1.76 bits per heavy atom. The lowest BCUT2D eigenvalue weighted by atomic mass is 10.2. The number of rotatable bonds is 5. The zero-order chi connectivity index (χ0) is 17.9. The van der Waals surface area contributed by atoms with Gasteiger partial charge in [-0.1, -0.05) is 41.9 Å². The van der Waals surface area contributed by atoms with Gasteiger partial charge < -0.3 is 10.1 Å². The molecule has 1 saturated heterocycles. The molecule has 8 heteroatoms. The fraction of sp³-hybridized carbons (Fsp3) is 0.235. The lowest BCUT2D eigenvalue weighted by Gasteiger charge is -2.37. The third-order valence-electron chi connectivity index (χ3n) is 3.83. The summed E-state index contributed by atoms with van der Waals surface area (Å²) in [5.41, 5.74) is 0.887. The van der Waals surface area contributed by atoms with Gasteiger partial charge in [0.15, 0.2) is 0 Å². The molecule has 0 spiro atoms. The zero-order valence-corrected chi connectivity index (χ0v) is 14.8. The van der Waals surface area contributed by atoms with Crippen LogP contribution in [0.2, 0.25) is 5.02 Å². The van der Waals surface area contributed by atoms with Crippen molar-refractivity contribution in [2.75, 3.05) is 13.1 Å². The van der Waals surface area contributed by atoms with Crippen molar-refractivity contribution < 1.29 is 17.9 Å². The topological polar surface area (TPSA) is 75.7 Å². The van der Waals surface area contributed by atoms with Crippen molar-refractivity contribution in [1.29, 1.82) is 0 Å². The van der Waals surface area contributed by atoms with Crippen LogP contribution in [0.1, 0.15) is 5.56 Å². The number of carbonyl (C=O) groups excluding carboxylic acids is 1. The molecule has 0 saturated carbocycles. The van der Waals surface area contributed by atoms with Gasteiger partial charge in [0.2, 0.25) is 10.0 Å². The van der Waals surface area contributed by atoms with Crippen LogP contribution in [-0.4, -0.2) is 37.9 Å². The summed E-state index contributed by atoms with van der Waals surface area (Å²) in [5.74, 6) is 0. The normalized spacial score (nSPS) is 15.4. The van der Waals surface area contributed by atoms with Crippen molar-refractivity contribution in [2.45, 2.75) is 17.5 Å². The van der Waals surface area contributed by atoms with Crippen LogP contribution < -0.4 is 5.32 Å². The Labute approximate surface area is 151 Å². The van der Waals surface area contributed by atoms with Gasteiger partial charge in [0.25, 0.3) is 0 Å². The largest absolute Gasteiger partial charge is 0.445 e. The summed E-state index contributed by atoms with van der Waals surface area (Å²) >= 11 is 5.77. The van der Waals surface area contributed by atoms with E-state index in [9.17, 15) is 13.2 Å². The van der Waals surface area contributed by atoms with Gasteiger partial charge in [-0.2, -0.15) is 4.31 Å². The summed E-state index contributed by atoms with van der Waals surface area (Å²) < 4.78 is 31.2. The van der Waals surface area contributed by atoms with E-state index >= 15 is 0 Å². The molecule has 1 aliphatic rings. The Kier molecular flexibility index (Phi) is 5.27. The SMILES string of the molecule is O=C(NC1CN(S(=O)(=O)c2ccc(Cl)cc2)C1)OCc1ccccc1. The fourth-order valence-corrected chi connectivity index (χ4v) is 4.07. The second-order valence-electron chi connectivity index (χ2n) is 5.68. The van der Waals surface area contributed by atoms with Gasteiger partial charge in [-0.15, -0.1) is 0 Å². The highest BCUT2D eigenvalue weighted by Crippen LogP contribution is 2.23. The van der Waals surface area contributed by atoms with Crippen molar-refractivity contribution in [3.05, 3.63) is 65.2 Å². The van der Waals surface area contributed by atoms with Gasteiger partial charge in [0.1, 0.15) is 6.61 Å². The average Bonchev–Trinajstić information content (AvgIpc) is 2.57. The molecule has 2 aromatic rings. The third kappa shape index (κ3) is 4.31. The first-order chi connectivity index (χ1) is 11.9. The molecular formula is C17H17ClN2O4S. The molecule has 2 aromatic carbocycles. The number of hydrogen-bond donors (Lipinski definition) is 1. The smallest absolute Gasteiger partial charge is 0.407 e. The van der Waals surface area contributed by atoms with E-state index in [1.807, 2.05) is 30.3 Å². The summed E-state index contributed by atoms with van der Waals surface area (Å²) in [5, 5.41) is 3.14. The minimum absolute atomic E-state index is 0.173. The van der Waals surface area contributed by atoms with Gasteiger partial charge in [-0.05, 0) is 29.8 Å². The van der Waals surface area contributed by atoms with Crippen LogP contribution in [0.25, 0.3) is 0 Å². The number of sulfonamides is 1. The van der Waals surface area contributed by atoms with Gasteiger partial charge in [0, 0.05) is 18.1 Å². The van der Waals surface area contributed by atoms with E-state index in [-0.39, 0.29) is 30.6 Å². The Balaban J connectivity index is 1.47. The van der Waals surface area contributed by atoms with Gasteiger partial charge in [-0.3, -0.25) is 0 Å². The Morgan fingerprint density at radius 3 is 2.40 bits per heavy atom. The van der Waals surface area contributed by atoms with E-state index in [0.29, 0.717) is 5.02 Å². The highest BCUT2D eigenvalue weighted by Gasteiger charge is 2.37. The molecule has 25 heavy (non-hydrogen) atoms. The molecule has 3 rings (SSSR count). The van der Waals surface area contributed by atoms with E-state index in [1.165, 1.54) is 28.6 Å². The molecule has 1 fully saturated rings. The Morgan fingerprint density at radius 1 is 1.12 bits per heavy atom. The number of halogens is 1. The molecule has 132 valence electrons. The monoisotopic (exact) mass is 380 g/mol. The highest BCUT2D eigenvalue weighted by atomic mass is 35.5. The van der Waals surface area contributed by atoms with Crippen LogP contribution in [0, 0.1) is 0 Å². The van der Waals surface area contributed by atoms with E-state index in [2.05, 4.69) is 5.32 Å². The molecule has 1 heterocycles. The number of hydrogen-bond acceptors (Lipinski definition) is 4. The fourth-order valence-electron chi connectivity index (χ4n) is 2.41. The minimum Gasteiger partial charge on any atom is -0.445 e. The molecule has 0 unspecified atom stereocenters. The van der Waals surface area contributed by atoms with Crippen LogP contribution >= 0.6 is 11.6 Å². The number of amides is 1. The number of nitrogens with zero attached hydrogens (tertiary/aromatic N) is 1. The van der Waals surface area contributed by atoms with Crippen molar-refractivity contribution in [2.24, 2.45) is 0 Å². The van der Waals surface area contributed by atoms with Crippen molar-refractivity contribution in [3.63, 3.8) is 0 Å². The Hall–Kier alpha value is -2.09. The molecule has 1 aliphatic heterocycles. The number of carbonyl (C=O) groups is 1. The second-order valence-corrected chi connectivity index (χ2v) is 8.05. The van der Waals surface area contributed by atoms with Crippen molar-refractivity contribution in [3.8, 4) is 0 Å². The molecule has 1 amide bonds. The number of benzene rings is 2. The molecule has 6 nitrogen and oxygen atoms in total. The number of alkyl carbamates (subject to hydrolysis) is 1. The predicted octanol–water partition coefficient (Wildman–Crippen LogP) is 2.64. The highest BCUT2D eigenvalue weighted by molar-refractivity contribution is 7.89. The minimum atomic E-state index is -3.56. The third-order valence-corrected chi connectivity index (χ3v) is 5.93. The predicted molar refractivity (Wildman–Crippen MR) is 93.8 cm³/mol. The summed E-state index contributed by atoms with van der Waals surface area (Å²) in [4.78, 5) is 11.9. The Bertz CT molecular complexity index is 835. The van der Waals surface area contributed by atoms with Crippen LogP contribution in [0.5, 0.6) is 0 Å². The lowest BCUT2D eigenvalue weighted by Crippen LogP contribution is -2.60. The van der Waals surface area contributed by atoms with E-state index in [4.69, 9.17) is 16.3 Å². The van der Waals surface area contributed by atoms with Gasteiger partial charge in [-0.25, -0.2) is 13.2 Å². The van der Waals surface area contributed by atoms with Crippen molar-refractivity contribution >= 4 is 27.7 Å². The molecule has 1 N–H and O–H groups in total. The van der Waals surface area contributed by atoms with E-state index in [1.54, 1.807) is 0 Å². The zero-order valence-electron chi connectivity index (χ0n) is 13.3. The standard InChI is InChI=1S/C17H17ClN2O4S/c18-14-6-8-16(9-7-14)25(22,23)20-10-15(11-20)19-17(21)24-12-13-4-2-1-3-5-13/h1-9,15H,10-12H2,(H,19,21). The lowest BCUT2D eigenvalue weighted by molar-refractivity contribution is 0.123. The first-order valence-electron chi connectivity index (χ1n) is 7.68. The second kappa shape index (κ2) is 7.43. The molecule has 0 aromatic heterocycles. The summed E-state index contributed by atoms with van der Waals surface area (Å²) in [6.07, 6.45) is -0.558. The quantitative estimate of drug-likeness (QED) is 0.865. The van der Waals surface area contributed by atoms with Crippen LogP contribution in [0.4, 0.5) is 4.79 Å². The van der Waals surface area contributed by atoms with E-state index < -0.39 is 16.1 Å². The van der Waals surface area contributed by atoms with Gasteiger partial charge in [0.05, 0.1) is 10.9 Å². The summed E-state index contributed by atoms with van der Waals surface area (Å²) in [7, 11) is -3.56. The summed E-state index contributed by atoms with van der Waals surface area (Å²) in [6.45, 7) is 0.600. The average molecular weight is 381 g/mol. The maximum Gasteiger partial charge on any atom is 0.407 e. The van der Waals surface area contributed by atoms with Crippen LogP contribution in [-0.2, 0) is 21.4 Å². The first-order valence-corrected chi connectivity index (χ1v) is 9.50. The number of ether oxygens (including phenoxy) is 1. The molecule has 0 aliphatic carbocycles. The molecule has 0 radical (unpaired) electrons. The first kappa shape index (κ1) is 17.7. The maximum absolute atomic E-state index is 12.4. The summed E-state index contributed by atoms with van der Waals surface area (Å²) in [6, 6.07) is 15.1. The van der Waals surface area contributed by atoms with E-state index in [0.717, 1.165) is 5.56 Å². The number of nitrogens with one attached hydrogen (secondary N) is 1. The molecule has 0 atom stereocenters. The van der Waals surface area contributed by atoms with Crippen LogP contribution in [0.15, 0.2) is 59.5 Å². The van der Waals surface area contributed by atoms with Gasteiger partial charge >= 0.3 is 6.09 Å².